The molecule has 17 heavy (non-hydrogen) atoms. The van der Waals surface area contributed by atoms with Gasteiger partial charge in [-0.15, -0.1) is 0 Å². The van der Waals surface area contributed by atoms with E-state index in [0.717, 1.165) is 19.3 Å². The number of fused-ring (bicyclic) bond motifs is 2. The number of rotatable bonds is 3. The second-order valence-electron chi connectivity index (χ2n) is 6.03. The zero-order valence-electron chi connectivity index (χ0n) is 10.7. The molecule has 4 heteroatoms. The number of nitrogens with zero attached hydrogens (tertiary/aromatic N) is 1. The molecule has 3 rings (SSSR count). The Morgan fingerprint density at radius 1 is 1.47 bits per heavy atom. The highest BCUT2D eigenvalue weighted by atomic mass is 16.5. The maximum Gasteiger partial charge on any atom is 0.241 e. The summed E-state index contributed by atoms with van der Waals surface area (Å²) in [5, 5.41) is 3.34. The third-order valence-corrected chi connectivity index (χ3v) is 4.27. The minimum atomic E-state index is 0.0362. The maximum absolute atomic E-state index is 12.3. The first kappa shape index (κ1) is 11.5. The zero-order chi connectivity index (χ0) is 12.0. The highest BCUT2D eigenvalue weighted by Gasteiger charge is 2.47. The van der Waals surface area contributed by atoms with E-state index >= 15 is 0 Å². The third-order valence-electron chi connectivity index (χ3n) is 4.27. The molecule has 0 spiro atoms. The lowest BCUT2D eigenvalue weighted by Crippen LogP contribution is -2.44. The Balaban J connectivity index is 1.64. The molecule has 0 aliphatic carbocycles. The molecule has 2 bridgehead atoms. The fourth-order valence-corrected chi connectivity index (χ4v) is 3.45. The number of carbonyl (C=O) groups is 1. The van der Waals surface area contributed by atoms with Crippen LogP contribution in [0, 0.1) is 5.92 Å². The van der Waals surface area contributed by atoms with Crippen LogP contribution in [0.4, 0.5) is 0 Å². The van der Waals surface area contributed by atoms with Crippen LogP contribution >= 0.6 is 0 Å². The van der Waals surface area contributed by atoms with E-state index in [4.69, 9.17) is 4.74 Å². The topological polar surface area (TPSA) is 41.6 Å². The summed E-state index contributed by atoms with van der Waals surface area (Å²) >= 11 is 0. The first-order valence-corrected chi connectivity index (χ1v) is 6.84. The van der Waals surface area contributed by atoms with Crippen molar-refractivity contribution in [3.05, 3.63) is 0 Å². The van der Waals surface area contributed by atoms with Gasteiger partial charge in [-0.25, -0.2) is 0 Å². The molecule has 4 nitrogen and oxygen atoms in total. The lowest BCUT2D eigenvalue weighted by molar-refractivity contribution is -0.132. The summed E-state index contributed by atoms with van der Waals surface area (Å²) in [6, 6.07) is 0.375. The Labute approximate surface area is 103 Å². The molecule has 4 unspecified atom stereocenters. The minimum Gasteiger partial charge on any atom is -0.373 e. The summed E-state index contributed by atoms with van der Waals surface area (Å²) in [5.74, 6) is 0.854. The van der Waals surface area contributed by atoms with Gasteiger partial charge in [0, 0.05) is 0 Å². The summed E-state index contributed by atoms with van der Waals surface area (Å²) in [5.41, 5.74) is 0. The number of ether oxygens (including phenoxy) is 1. The van der Waals surface area contributed by atoms with E-state index in [9.17, 15) is 4.79 Å². The van der Waals surface area contributed by atoms with E-state index in [1.807, 2.05) is 4.90 Å². The van der Waals surface area contributed by atoms with Gasteiger partial charge in [-0.1, -0.05) is 13.8 Å². The van der Waals surface area contributed by atoms with Gasteiger partial charge < -0.3 is 9.64 Å². The van der Waals surface area contributed by atoms with Crippen molar-refractivity contribution in [3.63, 3.8) is 0 Å². The fraction of sp³-hybridized carbons (Fsp3) is 0.923. The summed E-state index contributed by atoms with van der Waals surface area (Å²) in [6.45, 7) is 5.05. The van der Waals surface area contributed by atoms with Crippen LogP contribution in [0.3, 0.4) is 0 Å². The maximum atomic E-state index is 12.3. The number of hydrogen-bond donors (Lipinski definition) is 1. The van der Waals surface area contributed by atoms with Crippen LogP contribution in [0.5, 0.6) is 0 Å². The highest BCUT2D eigenvalue weighted by molar-refractivity contribution is 5.84. The molecule has 1 amide bonds. The smallest absolute Gasteiger partial charge is 0.241 e. The number of carbonyl (C=O) groups excluding carboxylic acids is 1. The Bertz CT molecular complexity index is 319. The van der Waals surface area contributed by atoms with Crippen molar-refractivity contribution >= 4 is 5.91 Å². The minimum absolute atomic E-state index is 0.0362. The number of amides is 1. The van der Waals surface area contributed by atoms with E-state index in [1.54, 1.807) is 0 Å². The van der Waals surface area contributed by atoms with Crippen molar-refractivity contribution in [1.82, 2.24) is 10.2 Å². The molecule has 3 aliphatic rings. The average molecular weight is 238 g/mol. The lowest BCUT2D eigenvalue weighted by atomic mass is 9.94. The number of nitrogens with one attached hydrogen (secondary N) is 1. The molecule has 0 radical (unpaired) electrons. The van der Waals surface area contributed by atoms with Crippen LogP contribution in [-0.2, 0) is 9.53 Å². The van der Waals surface area contributed by atoms with Gasteiger partial charge >= 0.3 is 0 Å². The Hall–Kier alpha value is -0.610. The largest absolute Gasteiger partial charge is 0.373 e. The van der Waals surface area contributed by atoms with E-state index < -0.39 is 0 Å². The lowest BCUT2D eigenvalue weighted by Gasteiger charge is -2.28. The SMILES string of the molecule is CC(C)CC1NCN(C2CC3CCC2O3)C1=O. The average Bonchev–Trinajstić information content (AvgIpc) is 2.94. The molecule has 3 fully saturated rings. The molecule has 0 aromatic heterocycles. The molecular weight excluding hydrogens is 216 g/mol. The standard InChI is InChI=1S/C13H22N2O2/c1-8(2)5-10-13(16)15(7-14-10)11-6-9-3-4-12(11)17-9/h8-12,14H,3-7H2,1-2H3. The van der Waals surface area contributed by atoms with Crippen LogP contribution < -0.4 is 5.32 Å². The first-order valence-electron chi connectivity index (χ1n) is 6.84. The normalized spacial score (nSPS) is 40.9. The van der Waals surface area contributed by atoms with Crippen molar-refractivity contribution < 1.29 is 9.53 Å². The zero-order valence-corrected chi connectivity index (χ0v) is 10.7. The van der Waals surface area contributed by atoms with Crippen molar-refractivity contribution in [1.29, 1.82) is 0 Å². The second kappa shape index (κ2) is 4.25. The Kier molecular flexibility index (Phi) is 2.87. The van der Waals surface area contributed by atoms with E-state index in [2.05, 4.69) is 19.2 Å². The summed E-state index contributed by atoms with van der Waals surface area (Å²) in [6.07, 6.45) is 5.04. The van der Waals surface area contributed by atoms with Crippen LogP contribution in [0.1, 0.15) is 39.5 Å². The van der Waals surface area contributed by atoms with Crippen molar-refractivity contribution in [2.45, 2.75) is 63.8 Å². The molecule has 3 saturated heterocycles. The molecule has 96 valence electrons. The quantitative estimate of drug-likeness (QED) is 0.801. The van der Waals surface area contributed by atoms with Crippen LogP contribution in [0.15, 0.2) is 0 Å². The Morgan fingerprint density at radius 3 is 2.88 bits per heavy atom. The predicted octanol–water partition coefficient (Wildman–Crippen LogP) is 1.11. The second-order valence-corrected chi connectivity index (χ2v) is 6.03. The van der Waals surface area contributed by atoms with Gasteiger partial charge in [0.1, 0.15) is 0 Å². The van der Waals surface area contributed by atoms with Gasteiger partial charge in [-0.2, -0.15) is 0 Å². The first-order chi connectivity index (χ1) is 8.15. The molecule has 0 saturated carbocycles. The van der Waals surface area contributed by atoms with Crippen LogP contribution in [-0.4, -0.2) is 41.8 Å². The van der Waals surface area contributed by atoms with Gasteiger partial charge in [-0.05, 0) is 31.6 Å². The Morgan fingerprint density at radius 2 is 2.29 bits per heavy atom. The van der Waals surface area contributed by atoms with Crippen LogP contribution in [0.25, 0.3) is 0 Å². The predicted molar refractivity (Wildman–Crippen MR) is 64.4 cm³/mol. The van der Waals surface area contributed by atoms with Crippen molar-refractivity contribution in [3.8, 4) is 0 Å². The summed E-state index contributed by atoms with van der Waals surface area (Å²) in [7, 11) is 0. The molecule has 0 aromatic carbocycles. The van der Waals surface area contributed by atoms with E-state index in [1.165, 1.54) is 6.42 Å². The van der Waals surface area contributed by atoms with Gasteiger partial charge in [-0.3, -0.25) is 10.1 Å². The third kappa shape index (κ3) is 1.97. The molecule has 3 heterocycles. The van der Waals surface area contributed by atoms with Gasteiger partial charge in [0.2, 0.25) is 5.91 Å². The van der Waals surface area contributed by atoms with Gasteiger partial charge in [0.25, 0.3) is 0 Å². The van der Waals surface area contributed by atoms with E-state index in [0.29, 0.717) is 36.7 Å². The number of hydrogen-bond acceptors (Lipinski definition) is 3. The fourth-order valence-electron chi connectivity index (χ4n) is 3.45. The highest BCUT2D eigenvalue weighted by Crippen LogP contribution is 2.38. The van der Waals surface area contributed by atoms with Crippen molar-refractivity contribution in [2.75, 3.05) is 6.67 Å². The van der Waals surface area contributed by atoms with Crippen molar-refractivity contribution in [2.24, 2.45) is 5.92 Å². The molecule has 3 aliphatic heterocycles. The molecule has 0 aromatic rings. The monoisotopic (exact) mass is 238 g/mol. The van der Waals surface area contributed by atoms with Gasteiger partial charge in [0.15, 0.2) is 0 Å². The summed E-state index contributed by atoms with van der Waals surface area (Å²) in [4.78, 5) is 14.3. The molecule has 1 N–H and O–H groups in total. The van der Waals surface area contributed by atoms with E-state index in [-0.39, 0.29) is 6.04 Å². The molecule has 4 atom stereocenters. The van der Waals surface area contributed by atoms with Crippen LogP contribution in [0.2, 0.25) is 0 Å². The molecular formula is C13H22N2O2. The summed E-state index contributed by atoms with van der Waals surface area (Å²) < 4.78 is 5.84. The van der Waals surface area contributed by atoms with Gasteiger partial charge in [0.05, 0.1) is 31.0 Å².